The highest BCUT2D eigenvalue weighted by Gasteiger charge is 2.31. The lowest BCUT2D eigenvalue weighted by molar-refractivity contribution is -0.151. The largest absolute Gasteiger partial charge is 0.461 e. The van der Waals surface area contributed by atoms with Gasteiger partial charge >= 0.3 is 5.97 Å². The number of hydrogen-bond donors (Lipinski definition) is 0. The quantitative estimate of drug-likeness (QED) is 0.710. The number of thiophene rings is 1. The van der Waals surface area contributed by atoms with Crippen molar-refractivity contribution in [3.05, 3.63) is 27.1 Å². The van der Waals surface area contributed by atoms with Crippen molar-refractivity contribution in [3.63, 3.8) is 0 Å². The van der Waals surface area contributed by atoms with Gasteiger partial charge in [0.15, 0.2) is 0 Å². The Bertz CT molecular complexity index is 932. The third-order valence-electron chi connectivity index (χ3n) is 6.41. The maximum absolute atomic E-state index is 13.1. The summed E-state index contributed by atoms with van der Waals surface area (Å²) >= 11 is 1.65. The molecule has 152 valence electrons. The highest BCUT2D eigenvalue weighted by atomic mass is 32.1. The first-order valence-corrected chi connectivity index (χ1v) is 11.3. The van der Waals surface area contributed by atoms with Gasteiger partial charge in [-0.1, -0.05) is 27.2 Å². The summed E-state index contributed by atoms with van der Waals surface area (Å²) in [6, 6.07) is 0. The van der Waals surface area contributed by atoms with E-state index in [1.165, 1.54) is 22.2 Å². The number of fused-ring (bicyclic) bond motifs is 3. The van der Waals surface area contributed by atoms with Crippen molar-refractivity contribution >= 4 is 27.5 Å². The first-order valence-electron chi connectivity index (χ1n) is 10.5. The lowest BCUT2D eigenvalue weighted by atomic mass is 9.72. The van der Waals surface area contributed by atoms with Gasteiger partial charge in [-0.15, -0.1) is 11.3 Å². The molecule has 1 saturated carbocycles. The Balaban J connectivity index is 1.56. The molecule has 0 aromatic carbocycles. The van der Waals surface area contributed by atoms with Crippen LogP contribution in [0.2, 0.25) is 0 Å². The zero-order valence-electron chi connectivity index (χ0n) is 17.1. The van der Waals surface area contributed by atoms with Crippen LogP contribution >= 0.6 is 11.3 Å². The maximum atomic E-state index is 13.1. The van der Waals surface area contributed by atoms with Gasteiger partial charge in [-0.05, 0) is 61.8 Å². The zero-order chi connectivity index (χ0) is 19.9. The number of aromatic nitrogens is 2. The fourth-order valence-corrected chi connectivity index (χ4v) is 5.86. The first kappa shape index (κ1) is 19.6. The second kappa shape index (κ2) is 7.62. The van der Waals surface area contributed by atoms with Gasteiger partial charge in [0.2, 0.25) is 0 Å². The zero-order valence-corrected chi connectivity index (χ0v) is 17.9. The lowest BCUT2D eigenvalue weighted by Crippen LogP contribution is -2.29. The summed E-state index contributed by atoms with van der Waals surface area (Å²) in [5.74, 6) is 0.299. The minimum absolute atomic E-state index is 0.0110. The highest BCUT2D eigenvalue weighted by Crippen LogP contribution is 2.41. The van der Waals surface area contributed by atoms with E-state index in [1.54, 1.807) is 11.3 Å². The first-order chi connectivity index (χ1) is 13.3. The van der Waals surface area contributed by atoms with Gasteiger partial charge in [0.1, 0.15) is 17.5 Å². The van der Waals surface area contributed by atoms with Crippen LogP contribution in [0, 0.1) is 11.3 Å². The van der Waals surface area contributed by atoms with Crippen LogP contribution in [-0.2, 0) is 28.9 Å². The molecule has 0 spiro atoms. The van der Waals surface area contributed by atoms with E-state index >= 15 is 0 Å². The molecule has 0 amide bonds. The standard InChI is InChI=1S/C22H30N2O3S/c1-22(2,3)14-9-10-16-17(11-14)28-20-19(16)21(26)24(13-23-20)12-18(25)27-15-7-5-4-6-8-15/h13-15H,4-12H2,1-3H3/t14-/m0/s1. The van der Waals surface area contributed by atoms with Gasteiger partial charge in [0, 0.05) is 4.88 Å². The minimum atomic E-state index is -0.327. The highest BCUT2D eigenvalue weighted by molar-refractivity contribution is 7.18. The van der Waals surface area contributed by atoms with Crippen molar-refractivity contribution in [3.8, 4) is 0 Å². The number of ether oxygens (including phenoxy) is 1. The molecule has 2 aliphatic rings. The van der Waals surface area contributed by atoms with Gasteiger partial charge in [0.05, 0.1) is 11.7 Å². The van der Waals surface area contributed by atoms with Crippen LogP contribution in [-0.4, -0.2) is 21.6 Å². The molecule has 4 rings (SSSR count). The summed E-state index contributed by atoms with van der Waals surface area (Å²) in [5.41, 5.74) is 1.33. The molecule has 2 aromatic heterocycles. The molecule has 1 atom stereocenters. The van der Waals surface area contributed by atoms with E-state index in [4.69, 9.17) is 4.74 Å². The SMILES string of the molecule is CC(C)(C)[C@H]1CCc2c(sc3ncn(CC(=O)OC4CCCCC4)c(=O)c23)C1. The van der Waals surface area contributed by atoms with Gasteiger partial charge in [0.25, 0.3) is 5.56 Å². The Labute approximate surface area is 170 Å². The van der Waals surface area contributed by atoms with Gasteiger partial charge < -0.3 is 4.74 Å². The Kier molecular flexibility index (Phi) is 5.34. The third-order valence-corrected chi connectivity index (χ3v) is 7.57. The number of esters is 1. The topological polar surface area (TPSA) is 61.2 Å². The predicted octanol–water partition coefficient (Wildman–Crippen LogP) is 4.48. The molecule has 0 aliphatic heterocycles. The molecule has 2 heterocycles. The van der Waals surface area contributed by atoms with Crippen LogP contribution in [0.1, 0.15) is 69.7 Å². The van der Waals surface area contributed by atoms with Crippen LogP contribution < -0.4 is 5.56 Å². The fourth-order valence-electron chi connectivity index (χ4n) is 4.60. The average Bonchev–Trinajstić information content (AvgIpc) is 3.02. The lowest BCUT2D eigenvalue weighted by Gasteiger charge is -2.33. The van der Waals surface area contributed by atoms with E-state index in [9.17, 15) is 9.59 Å². The summed E-state index contributed by atoms with van der Waals surface area (Å²) in [5, 5.41) is 0.723. The summed E-state index contributed by atoms with van der Waals surface area (Å²) in [6.45, 7) is 6.82. The molecule has 0 saturated heterocycles. The second-order valence-electron chi connectivity index (χ2n) is 9.42. The fraction of sp³-hybridized carbons (Fsp3) is 0.682. The number of carbonyl (C=O) groups is 1. The molecule has 2 aliphatic carbocycles. The molecule has 0 radical (unpaired) electrons. The second-order valence-corrected chi connectivity index (χ2v) is 10.5. The molecule has 2 aromatic rings. The van der Waals surface area contributed by atoms with Crippen molar-refractivity contribution < 1.29 is 9.53 Å². The number of nitrogens with zero attached hydrogens (tertiary/aromatic N) is 2. The van der Waals surface area contributed by atoms with E-state index in [2.05, 4.69) is 25.8 Å². The van der Waals surface area contributed by atoms with Crippen LogP contribution in [0.4, 0.5) is 0 Å². The molecule has 28 heavy (non-hydrogen) atoms. The minimum Gasteiger partial charge on any atom is -0.461 e. The van der Waals surface area contributed by atoms with E-state index in [1.807, 2.05) is 0 Å². The van der Waals surface area contributed by atoms with Gasteiger partial charge in [-0.2, -0.15) is 0 Å². The average molecular weight is 403 g/mol. The third kappa shape index (κ3) is 3.88. The van der Waals surface area contributed by atoms with E-state index < -0.39 is 0 Å². The Morgan fingerprint density at radius 1 is 1.25 bits per heavy atom. The Hall–Kier alpha value is -1.69. The van der Waals surface area contributed by atoms with Crippen LogP contribution in [0.15, 0.2) is 11.1 Å². The maximum Gasteiger partial charge on any atom is 0.326 e. The molecule has 0 N–H and O–H groups in total. The normalized spacial score (nSPS) is 20.9. The van der Waals surface area contributed by atoms with E-state index in [0.717, 1.165) is 60.7 Å². The number of aryl methyl sites for hydroxylation is 1. The molecular formula is C22H30N2O3S. The summed E-state index contributed by atoms with van der Waals surface area (Å²) in [7, 11) is 0. The molecule has 6 heteroatoms. The summed E-state index contributed by atoms with van der Waals surface area (Å²) in [6.07, 6.45) is 9.87. The Morgan fingerprint density at radius 3 is 2.71 bits per heavy atom. The van der Waals surface area contributed by atoms with Crippen molar-refractivity contribution in [1.82, 2.24) is 9.55 Å². The van der Waals surface area contributed by atoms with Crippen LogP contribution in [0.25, 0.3) is 10.2 Å². The number of rotatable bonds is 3. The smallest absolute Gasteiger partial charge is 0.326 e. The van der Waals surface area contributed by atoms with E-state index in [-0.39, 0.29) is 29.6 Å². The van der Waals surface area contributed by atoms with Gasteiger partial charge in [-0.25, -0.2) is 4.98 Å². The summed E-state index contributed by atoms with van der Waals surface area (Å²) in [4.78, 5) is 32.0. The number of hydrogen-bond acceptors (Lipinski definition) is 5. The monoisotopic (exact) mass is 402 g/mol. The van der Waals surface area contributed by atoms with Gasteiger partial charge in [-0.3, -0.25) is 14.2 Å². The number of carbonyl (C=O) groups excluding carboxylic acids is 1. The van der Waals surface area contributed by atoms with Crippen molar-refractivity contribution in [2.45, 2.75) is 84.8 Å². The molecule has 5 nitrogen and oxygen atoms in total. The van der Waals surface area contributed by atoms with E-state index in [0.29, 0.717) is 5.92 Å². The molecule has 0 unspecified atom stereocenters. The summed E-state index contributed by atoms with van der Waals surface area (Å²) < 4.78 is 7.01. The molecule has 1 fully saturated rings. The van der Waals surface area contributed by atoms with Crippen LogP contribution in [0.5, 0.6) is 0 Å². The molecular weight excluding hydrogens is 372 g/mol. The van der Waals surface area contributed by atoms with Crippen LogP contribution in [0.3, 0.4) is 0 Å². The predicted molar refractivity (Wildman–Crippen MR) is 112 cm³/mol. The van der Waals surface area contributed by atoms with Crippen molar-refractivity contribution in [1.29, 1.82) is 0 Å². The Morgan fingerprint density at radius 2 is 2.00 bits per heavy atom. The van der Waals surface area contributed by atoms with Crippen molar-refractivity contribution in [2.24, 2.45) is 11.3 Å². The van der Waals surface area contributed by atoms with Crippen molar-refractivity contribution in [2.75, 3.05) is 0 Å². The molecule has 0 bridgehead atoms.